The van der Waals surface area contributed by atoms with Gasteiger partial charge < -0.3 is 14.6 Å². The van der Waals surface area contributed by atoms with Crippen molar-refractivity contribution in [1.82, 2.24) is 4.90 Å². The second kappa shape index (κ2) is 8.44. The molecule has 1 N–H and O–H groups in total. The molecule has 1 saturated carbocycles. The Morgan fingerprint density at radius 1 is 1.14 bits per heavy atom. The first-order valence-corrected chi connectivity index (χ1v) is 10.8. The second-order valence-electron chi connectivity index (χ2n) is 8.63. The molecule has 0 bridgehead atoms. The molecule has 29 heavy (non-hydrogen) atoms. The van der Waals surface area contributed by atoms with Gasteiger partial charge in [-0.1, -0.05) is 45.2 Å². The number of carbonyl (C=O) groups is 2. The lowest BCUT2D eigenvalue weighted by Gasteiger charge is -2.27. The number of hydrogen-bond donors (Lipinski definition) is 1. The van der Waals surface area contributed by atoms with E-state index in [1.54, 1.807) is 0 Å². The minimum Gasteiger partial charge on any atom is -0.461 e. The normalized spacial score (nSPS) is 17.3. The highest BCUT2D eigenvalue weighted by Crippen LogP contribution is 2.32. The summed E-state index contributed by atoms with van der Waals surface area (Å²) in [5.41, 5.74) is 2.84. The molecule has 1 aromatic heterocycles. The van der Waals surface area contributed by atoms with E-state index in [1.807, 2.05) is 49.1 Å². The Morgan fingerprint density at radius 3 is 2.69 bits per heavy atom. The number of hydrogen-bond acceptors (Lipinski definition) is 3. The minimum absolute atomic E-state index is 0.00683. The highest BCUT2D eigenvalue weighted by molar-refractivity contribution is 5.93. The van der Waals surface area contributed by atoms with Gasteiger partial charge in [-0.25, -0.2) is 0 Å². The molecule has 1 aromatic carbocycles. The van der Waals surface area contributed by atoms with Crippen molar-refractivity contribution in [3.63, 3.8) is 0 Å². The van der Waals surface area contributed by atoms with Crippen LogP contribution in [0, 0.1) is 11.8 Å². The molecule has 2 amide bonds. The van der Waals surface area contributed by atoms with Crippen LogP contribution in [-0.2, 0) is 22.6 Å². The monoisotopic (exact) mass is 394 g/mol. The molecule has 0 radical (unpaired) electrons. The van der Waals surface area contributed by atoms with Crippen LogP contribution >= 0.6 is 0 Å². The Labute approximate surface area is 172 Å². The molecule has 2 aromatic rings. The largest absolute Gasteiger partial charge is 0.461 e. The van der Waals surface area contributed by atoms with Crippen LogP contribution < -0.4 is 5.32 Å². The van der Waals surface area contributed by atoms with E-state index in [9.17, 15) is 9.59 Å². The molecule has 0 saturated heterocycles. The quantitative estimate of drug-likeness (QED) is 0.793. The van der Waals surface area contributed by atoms with Crippen molar-refractivity contribution in [3.8, 4) is 11.3 Å². The van der Waals surface area contributed by atoms with Crippen molar-refractivity contribution in [3.05, 3.63) is 41.7 Å². The smallest absolute Gasteiger partial charge is 0.227 e. The van der Waals surface area contributed by atoms with Crippen LogP contribution in [0.1, 0.15) is 57.3 Å². The molecule has 5 heteroatoms. The summed E-state index contributed by atoms with van der Waals surface area (Å²) in [4.78, 5) is 26.8. The zero-order valence-corrected chi connectivity index (χ0v) is 17.4. The fourth-order valence-electron chi connectivity index (χ4n) is 4.39. The summed E-state index contributed by atoms with van der Waals surface area (Å²) >= 11 is 0. The maximum absolute atomic E-state index is 12.6. The summed E-state index contributed by atoms with van der Waals surface area (Å²) in [6, 6.07) is 9.88. The van der Waals surface area contributed by atoms with Crippen LogP contribution in [0.15, 0.2) is 34.7 Å². The molecular weight excluding hydrogens is 364 g/mol. The van der Waals surface area contributed by atoms with Crippen LogP contribution in [0.5, 0.6) is 0 Å². The predicted octanol–water partition coefficient (Wildman–Crippen LogP) is 5.01. The zero-order valence-electron chi connectivity index (χ0n) is 17.4. The van der Waals surface area contributed by atoms with Gasteiger partial charge in [0.1, 0.15) is 11.5 Å². The first kappa shape index (κ1) is 19.7. The molecule has 2 heterocycles. The van der Waals surface area contributed by atoms with E-state index in [0.717, 1.165) is 60.4 Å². The van der Waals surface area contributed by atoms with Gasteiger partial charge in [-0.05, 0) is 31.0 Å². The van der Waals surface area contributed by atoms with E-state index in [2.05, 4.69) is 5.32 Å². The van der Waals surface area contributed by atoms with Gasteiger partial charge in [0, 0.05) is 48.2 Å². The molecule has 1 aliphatic carbocycles. The average molecular weight is 395 g/mol. The maximum Gasteiger partial charge on any atom is 0.227 e. The SMILES string of the molecule is CC(C)C(=O)N1CCc2oc(-c3cccc(NC(=O)C4CCCCC4)c3)cc2C1. The number of furan rings is 1. The third kappa shape index (κ3) is 4.39. The molecule has 5 nitrogen and oxygen atoms in total. The fourth-order valence-corrected chi connectivity index (χ4v) is 4.39. The van der Waals surface area contributed by atoms with E-state index in [4.69, 9.17) is 4.42 Å². The molecule has 154 valence electrons. The highest BCUT2D eigenvalue weighted by atomic mass is 16.3. The zero-order chi connectivity index (χ0) is 20.4. The number of rotatable bonds is 4. The first-order chi connectivity index (χ1) is 14.0. The van der Waals surface area contributed by atoms with Gasteiger partial charge >= 0.3 is 0 Å². The van der Waals surface area contributed by atoms with Crippen LogP contribution in [0.3, 0.4) is 0 Å². The van der Waals surface area contributed by atoms with Gasteiger partial charge in [-0.3, -0.25) is 9.59 Å². The first-order valence-electron chi connectivity index (χ1n) is 10.8. The van der Waals surface area contributed by atoms with Gasteiger partial charge in [0.2, 0.25) is 11.8 Å². The van der Waals surface area contributed by atoms with Crippen LogP contribution in [-0.4, -0.2) is 23.3 Å². The number of fused-ring (bicyclic) bond motifs is 1. The number of anilines is 1. The van der Waals surface area contributed by atoms with Crippen molar-refractivity contribution in [2.45, 2.75) is 58.9 Å². The maximum atomic E-state index is 12.6. The minimum atomic E-state index is 0.00683. The molecule has 1 fully saturated rings. The Hall–Kier alpha value is -2.56. The van der Waals surface area contributed by atoms with Gasteiger partial charge in [0.15, 0.2) is 0 Å². The van der Waals surface area contributed by atoms with Crippen LogP contribution in [0.4, 0.5) is 5.69 Å². The van der Waals surface area contributed by atoms with Crippen LogP contribution in [0.25, 0.3) is 11.3 Å². The van der Waals surface area contributed by atoms with E-state index < -0.39 is 0 Å². The fraction of sp³-hybridized carbons (Fsp3) is 0.500. The van der Waals surface area contributed by atoms with Gasteiger partial charge in [-0.2, -0.15) is 0 Å². The Bertz CT molecular complexity index is 893. The summed E-state index contributed by atoms with van der Waals surface area (Å²) in [5.74, 6) is 2.21. The lowest BCUT2D eigenvalue weighted by Crippen LogP contribution is -2.37. The number of nitrogens with zero attached hydrogens (tertiary/aromatic N) is 1. The number of carbonyl (C=O) groups excluding carboxylic acids is 2. The van der Waals surface area contributed by atoms with Crippen molar-refractivity contribution >= 4 is 17.5 Å². The molecule has 1 aliphatic heterocycles. The topological polar surface area (TPSA) is 62.6 Å². The van der Waals surface area contributed by atoms with Crippen LogP contribution in [0.2, 0.25) is 0 Å². The molecule has 0 spiro atoms. The average Bonchev–Trinajstić information content (AvgIpc) is 3.17. The Morgan fingerprint density at radius 2 is 1.93 bits per heavy atom. The second-order valence-corrected chi connectivity index (χ2v) is 8.63. The molecular formula is C24H30N2O3. The van der Waals surface area contributed by atoms with E-state index in [-0.39, 0.29) is 23.7 Å². The molecule has 4 rings (SSSR count). The third-order valence-corrected chi connectivity index (χ3v) is 6.06. The third-order valence-electron chi connectivity index (χ3n) is 6.06. The van der Waals surface area contributed by atoms with Gasteiger partial charge in [-0.15, -0.1) is 0 Å². The predicted molar refractivity (Wildman–Crippen MR) is 113 cm³/mol. The standard InChI is InChI=1S/C24H30N2O3/c1-16(2)24(28)26-12-11-21-19(15-26)14-22(29-21)18-9-6-10-20(13-18)25-23(27)17-7-4-3-5-8-17/h6,9-10,13-14,16-17H,3-5,7-8,11-12,15H2,1-2H3,(H,25,27). The number of benzene rings is 1. The van der Waals surface area contributed by atoms with Crippen molar-refractivity contribution in [2.24, 2.45) is 11.8 Å². The molecule has 0 atom stereocenters. The van der Waals surface area contributed by atoms with Gasteiger partial charge in [0.05, 0.1) is 0 Å². The van der Waals surface area contributed by atoms with E-state index >= 15 is 0 Å². The van der Waals surface area contributed by atoms with E-state index in [0.29, 0.717) is 13.1 Å². The summed E-state index contributed by atoms with van der Waals surface area (Å²) in [6.07, 6.45) is 6.25. The summed E-state index contributed by atoms with van der Waals surface area (Å²) in [7, 11) is 0. The number of amides is 2. The van der Waals surface area contributed by atoms with Crippen molar-refractivity contribution in [1.29, 1.82) is 0 Å². The molecule has 0 unspecified atom stereocenters. The lowest BCUT2D eigenvalue weighted by atomic mass is 9.88. The summed E-state index contributed by atoms with van der Waals surface area (Å²) in [6.45, 7) is 5.18. The Kier molecular flexibility index (Phi) is 5.74. The lowest BCUT2D eigenvalue weighted by molar-refractivity contribution is -0.135. The summed E-state index contributed by atoms with van der Waals surface area (Å²) < 4.78 is 6.11. The summed E-state index contributed by atoms with van der Waals surface area (Å²) in [5, 5.41) is 3.08. The Balaban J connectivity index is 1.48. The van der Waals surface area contributed by atoms with E-state index in [1.165, 1.54) is 6.42 Å². The number of nitrogens with one attached hydrogen (secondary N) is 1. The van der Waals surface area contributed by atoms with Gasteiger partial charge in [0.25, 0.3) is 0 Å². The molecule has 2 aliphatic rings. The van der Waals surface area contributed by atoms with Crippen molar-refractivity contribution in [2.75, 3.05) is 11.9 Å². The van der Waals surface area contributed by atoms with Crippen molar-refractivity contribution < 1.29 is 14.0 Å². The highest BCUT2D eigenvalue weighted by Gasteiger charge is 2.26.